The zero-order valence-corrected chi connectivity index (χ0v) is 18.0. The summed E-state index contributed by atoms with van der Waals surface area (Å²) in [6.07, 6.45) is -4.05. The molecule has 2 heterocycles. The number of ether oxygens (including phenoxy) is 1. The standard InChI is InChI=1S/C23H27F3N4O/c1-16-14-18-6-9-20(31-23(24,25)26)15-21(18)22(27-29(16)3)17-4-7-19(8-5-17)30-12-10-28(2)11-13-30/h4-9,15-16H,10-14H2,1-3H3. The first-order valence-corrected chi connectivity index (χ1v) is 10.4. The highest BCUT2D eigenvalue weighted by Crippen LogP contribution is 2.30. The van der Waals surface area contributed by atoms with Gasteiger partial charge in [-0.3, -0.25) is 5.01 Å². The number of hydrazone groups is 1. The van der Waals surface area contributed by atoms with Crippen LogP contribution in [-0.4, -0.2) is 68.3 Å². The van der Waals surface area contributed by atoms with Gasteiger partial charge in [0.15, 0.2) is 0 Å². The lowest BCUT2D eigenvalue weighted by Crippen LogP contribution is -2.44. The average molecular weight is 432 g/mol. The summed E-state index contributed by atoms with van der Waals surface area (Å²) in [7, 11) is 4.01. The van der Waals surface area contributed by atoms with Gasteiger partial charge in [-0.2, -0.15) is 5.10 Å². The molecule has 31 heavy (non-hydrogen) atoms. The second-order valence-electron chi connectivity index (χ2n) is 8.28. The quantitative estimate of drug-likeness (QED) is 0.735. The lowest BCUT2D eigenvalue weighted by Gasteiger charge is -2.34. The molecule has 166 valence electrons. The summed E-state index contributed by atoms with van der Waals surface area (Å²) in [6.45, 7) is 6.03. The van der Waals surface area contributed by atoms with Gasteiger partial charge in [0.1, 0.15) is 5.75 Å². The van der Waals surface area contributed by atoms with Crippen LogP contribution >= 0.6 is 0 Å². The lowest BCUT2D eigenvalue weighted by molar-refractivity contribution is -0.274. The summed E-state index contributed by atoms with van der Waals surface area (Å²) in [5, 5.41) is 6.62. The molecule has 2 aliphatic heterocycles. The van der Waals surface area contributed by atoms with Crippen LogP contribution in [0.3, 0.4) is 0 Å². The maximum atomic E-state index is 12.8. The van der Waals surface area contributed by atoms with E-state index in [2.05, 4.69) is 33.7 Å². The van der Waals surface area contributed by atoms with Crippen molar-refractivity contribution in [2.45, 2.75) is 25.7 Å². The van der Waals surface area contributed by atoms with E-state index in [9.17, 15) is 13.2 Å². The van der Waals surface area contributed by atoms with E-state index in [-0.39, 0.29) is 11.8 Å². The smallest absolute Gasteiger partial charge is 0.406 e. The van der Waals surface area contributed by atoms with Crippen molar-refractivity contribution in [3.63, 3.8) is 0 Å². The minimum absolute atomic E-state index is 0.121. The molecule has 0 aliphatic carbocycles. The molecule has 0 N–H and O–H groups in total. The Kier molecular flexibility index (Phi) is 5.83. The topological polar surface area (TPSA) is 31.3 Å². The molecule has 1 fully saturated rings. The zero-order chi connectivity index (χ0) is 22.2. The molecule has 0 saturated carbocycles. The van der Waals surface area contributed by atoms with Gasteiger partial charge in [-0.05, 0) is 50.2 Å². The predicted molar refractivity (Wildman–Crippen MR) is 116 cm³/mol. The van der Waals surface area contributed by atoms with Crippen molar-refractivity contribution < 1.29 is 17.9 Å². The number of likely N-dealkylation sites (N-methyl/N-ethyl adjacent to an activating group) is 2. The summed E-state index contributed by atoms with van der Waals surface area (Å²) in [4.78, 5) is 4.65. The van der Waals surface area contributed by atoms with E-state index in [0.29, 0.717) is 17.7 Å². The van der Waals surface area contributed by atoms with Crippen molar-refractivity contribution in [3.8, 4) is 5.75 Å². The molecule has 0 aromatic heterocycles. The average Bonchev–Trinajstić information content (AvgIpc) is 2.84. The molecule has 1 atom stereocenters. The highest BCUT2D eigenvalue weighted by atomic mass is 19.4. The molecule has 2 aliphatic rings. The number of benzene rings is 2. The molecular formula is C23H27F3N4O. The first kappa shape index (κ1) is 21.5. The maximum Gasteiger partial charge on any atom is 0.573 e. The SMILES string of the molecule is CC1Cc2ccc(OC(F)(F)F)cc2C(c2ccc(N3CCN(C)CC3)cc2)=NN1C. The summed E-state index contributed by atoms with van der Waals surface area (Å²) >= 11 is 0. The van der Waals surface area contributed by atoms with Crippen LogP contribution in [0.2, 0.25) is 0 Å². The minimum atomic E-state index is -4.73. The number of nitrogens with zero attached hydrogens (tertiary/aromatic N) is 4. The van der Waals surface area contributed by atoms with Gasteiger partial charge < -0.3 is 14.5 Å². The molecule has 4 rings (SSSR count). The van der Waals surface area contributed by atoms with E-state index in [4.69, 9.17) is 5.10 Å². The fourth-order valence-electron chi connectivity index (χ4n) is 4.02. The molecule has 0 bridgehead atoms. The molecule has 5 nitrogen and oxygen atoms in total. The minimum Gasteiger partial charge on any atom is -0.406 e. The molecule has 0 amide bonds. The van der Waals surface area contributed by atoms with Crippen molar-refractivity contribution >= 4 is 11.4 Å². The van der Waals surface area contributed by atoms with Gasteiger partial charge >= 0.3 is 6.36 Å². The van der Waals surface area contributed by atoms with Crippen LogP contribution in [0.4, 0.5) is 18.9 Å². The largest absolute Gasteiger partial charge is 0.573 e. The van der Waals surface area contributed by atoms with E-state index in [1.54, 1.807) is 6.07 Å². The lowest BCUT2D eigenvalue weighted by atomic mass is 9.94. The molecule has 1 unspecified atom stereocenters. The molecule has 2 aromatic rings. The van der Waals surface area contributed by atoms with Crippen molar-refractivity contribution in [2.75, 3.05) is 45.2 Å². The zero-order valence-electron chi connectivity index (χ0n) is 18.0. The number of hydrogen-bond donors (Lipinski definition) is 0. The van der Waals surface area contributed by atoms with Gasteiger partial charge in [0.05, 0.1) is 5.71 Å². The number of fused-ring (bicyclic) bond motifs is 1. The Hall–Kier alpha value is -2.74. The summed E-state index contributed by atoms with van der Waals surface area (Å²) in [5.41, 5.74) is 4.28. The van der Waals surface area contributed by atoms with Gasteiger partial charge in [-0.25, -0.2) is 0 Å². The van der Waals surface area contributed by atoms with Crippen molar-refractivity contribution in [1.29, 1.82) is 0 Å². The van der Waals surface area contributed by atoms with Crippen LogP contribution in [-0.2, 0) is 6.42 Å². The Labute approximate surface area is 180 Å². The van der Waals surface area contributed by atoms with Crippen LogP contribution in [0, 0.1) is 0 Å². The maximum absolute atomic E-state index is 12.8. The van der Waals surface area contributed by atoms with E-state index in [0.717, 1.165) is 43.0 Å². The number of hydrogen-bond acceptors (Lipinski definition) is 5. The highest BCUT2D eigenvalue weighted by molar-refractivity contribution is 6.14. The summed E-state index contributed by atoms with van der Waals surface area (Å²) in [5.74, 6) is -0.231. The molecule has 0 radical (unpaired) electrons. The molecular weight excluding hydrogens is 405 g/mol. The Balaban J connectivity index is 1.68. The number of alkyl halides is 3. The van der Waals surface area contributed by atoms with Crippen LogP contribution in [0.5, 0.6) is 5.75 Å². The fourth-order valence-corrected chi connectivity index (χ4v) is 4.02. The normalized spacial score (nSPS) is 20.2. The number of anilines is 1. The number of rotatable bonds is 3. The van der Waals surface area contributed by atoms with E-state index in [1.165, 1.54) is 12.1 Å². The summed E-state index contributed by atoms with van der Waals surface area (Å²) in [6, 6.07) is 12.8. The molecule has 2 aromatic carbocycles. The molecule has 0 spiro atoms. The van der Waals surface area contributed by atoms with Gasteiger partial charge in [0.25, 0.3) is 0 Å². The van der Waals surface area contributed by atoms with Gasteiger partial charge in [0.2, 0.25) is 0 Å². The van der Waals surface area contributed by atoms with Crippen molar-refractivity contribution in [1.82, 2.24) is 9.91 Å². The third kappa shape index (κ3) is 4.95. The number of halogens is 3. The first-order valence-electron chi connectivity index (χ1n) is 10.4. The van der Waals surface area contributed by atoms with E-state index in [1.807, 2.05) is 31.1 Å². The Morgan fingerprint density at radius 1 is 0.968 bits per heavy atom. The van der Waals surface area contributed by atoms with Crippen LogP contribution in [0.25, 0.3) is 0 Å². The third-order valence-corrected chi connectivity index (χ3v) is 5.99. The van der Waals surface area contributed by atoms with E-state index < -0.39 is 6.36 Å². The van der Waals surface area contributed by atoms with E-state index >= 15 is 0 Å². The third-order valence-electron chi connectivity index (χ3n) is 5.99. The Bertz CT molecular complexity index is 950. The highest BCUT2D eigenvalue weighted by Gasteiger charge is 2.32. The molecule has 1 saturated heterocycles. The van der Waals surface area contributed by atoms with Gasteiger partial charge in [-0.15, -0.1) is 13.2 Å². The fraction of sp³-hybridized carbons (Fsp3) is 0.435. The van der Waals surface area contributed by atoms with Crippen molar-refractivity contribution in [3.05, 3.63) is 59.2 Å². The van der Waals surface area contributed by atoms with Gasteiger partial charge in [0, 0.05) is 56.1 Å². The first-order chi connectivity index (χ1) is 14.7. The van der Waals surface area contributed by atoms with Crippen LogP contribution in [0.1, 0.15) is 23.6 Å². The number of piperazine rings is 1. The van der Waals surface area contributed by atoms with Gasteiger partial charge in [-0.1, -0.05) is 18.2 Å². The second kappa shape index (κ2) is 8.42. The molecule has 8 heteroatoms. The monoisotopic (exact) mass is 432 g/mol. The Morgan fingerprint density at radius 2 is 1.65 bits per heavy atom. The second-order valence-corrected chi connectivity index (χ2v) is 8.28. The van der Waals surface area contributed by atoms with Crippen LogP contribution in [0.15, 0.2) is 47.6 Å². The van der Waals surface area contributed by atoms with Crippen molar-refractivity contribution in [2.24, 2.45) is 5.10 Å². The summed E-state index contributed by atoms with van der Waals surface area (Å²) < 4.78 is 42.5. The van der Waals surface area contributed by atoms with Crippen LogP contribution < -0.4 is 9.64 Å². The Morgan fingerprint density at radius 3 is 2.29 bits per heavy atom. The predicted octanol–water partition coefficient (Wildman–Crippen LogP) is 3.97.